The van der Waals surface area contributed by atoms with Gasteiger partial charge in [0.25, 0.3) is 5.91 Å². The molecule has 2 atom stereocenters. The lowest BCUT2D eigenvalue weighted by molar-refractivity contribution is 0.0997. The number of phenols is 1. The fraction of sp³-hybridized carbons (Fsp3) is 0.273. The number of halogens is 3. The molecule has 168 valence electrons. The number of aromatic hydroxyl groups is 1. The van der Waals surface area contributed by atoms with Crippen molar-refractivity contribution in [2.75, 3.05) is 11.9 Å². The van der Waals surface area contributed by atoms with E-state index in [1.54, 1.807) is 6.92 Å². The van der Waals surface area contributed by atoms with Crippen LogP contribution in [0.4, 0.5) is 19.1 Å². The minimum absolute atomic E-state index is 0.00497. The van der Waals surface area contributed by atoms with Crippen LogP contribution in [0, 0.1) is 11.6 Å². The van der Waals surface area contributed by atoms with E-state index >= 15 is 0 Å². The first-order chi connectivity index (χ1) is 15.1. The van der Waals surface area contributed by atoms with E-state index in [0.717, 1.165) is 12.1 Å². The van der Waals surface area contributed by atoms with E-state index in [4.69, 9.17) is 5.73 Å². The summed E-state index contributed by atoms with van der Waals surface area (Å²) in [6, 6.07) is 4.80. The molecule has 0 saturated heterocycles. The van der Waals surface area contributed by atoms with Gasteiger partial charge in [-0.2, -0.15) is 0 Å². The van der Waals surface area contributed by atoms with Gasteiger partial charge < -0.3 is 16.2 Å². The van der Waals surface area contributed by atoms with Gasteiger partial charge in [0.2, 0.25) is 5.95 Å². The molecular weight excluding hydrogens is 423 g/mol. The number of nitrogens with one attached hydrogen (secondary N) is 1. The number of primary amides is 1. The van der Waals surface area contributed by atoms with Crippen LogP contribution >= 0.6 is 0 Å². The van der Waals surface area contributed by atoms with Crippen LogP contribution in [0.5, 0.6) is 5.75 Å². The van der Waals surface area contributed by atoms with Gasteiger partial charge in [-0.15, -0.1) is 0 Å². The molecule has 1 amide bonds. The number of amides is 1. The smallest absolute Gasteiger partial charge is 0.252 e. The SMILES string of the molecule is C[C@@H](F)C[C@](C)(CNc1ncc(-c2c(F)ccc(C(N)=O)c2O)cn1)c1ncccc1F. The molecule has 0 aliphatic rings. The van der Waals surface area contributed by atoms with E-state index in [1.807, 2.05) is 0 Å². The molecule has 3 rings (SSSR count). The zero-order valence-electron chi connectivity index (χ0n) is 17.4. The molecule has 0 aliphatic heterocycles. The maximum atomic E-state index is 14.3. The third kappa shape index (κ3) is 4.79. The molecule has 4 N–H and O–H groups in total. The van der Waals surface area contributed by atoms with Gasteiger partial charge >= 0.3 is 0 Å². The third-order valence-corrected chi connectivity index (χ3v) is 5.03. The predicted octanol–water partition coefficient (Wildman–Crippen LogP) is 3.74. The Morgan fingerprint density at radius 1 is 1.19 bits per heavy atom. The Bertz CT molecular complexity index is 1130. The quantitative estimate of drug-likeness (QED) is 0.487. The molecule has 2 heterocycles. The molecule has 7 nitrogen and oxygen atoms in total. The zero-order valence-corrected chi connectivity index (χ0v) is 17.4. The molecule has 2 aromatic heterocycles. The number of hydrogen-bond acceptors (Lipinski definition) is 6. The lowest BCUT2D eigenvalue weighted by Gasteiger charge is -2.30. The Morgan fingerprint density at radius 3 is 2.47 bits per heavy atom. The van der Waals surface area contributed by atoms with Crippen molar-refractivity contribution in [3.63, 3.8) is 0 Å². The van der Waals surface area contributed by atoms with Crippen molar-refractivity contribution < 1.29 is 23.1 Å². The van der Waals surface area contributed by atoms with Crippen molar-refractivity contribution in [2.45, 2.75) is 31.9 Å². The number of anilines is 1. The zero-order chi connectivity index (χ0) is 23.5. The summed E-state index contributed by atoms with van der Waals surface area (Å²) < 4.78 is 42.4. The molecule has 1 aromatic carbocycles. The molecule has 0 spiro atoms. The van der Waals surface area contributed by atoms with Crippen molar-refractivity contribution in [1.29, 1.82) is 0 Å². The van der Waals surface area contributed by atoms with Crippen molar-refractivity contribution in [3.05, 3.63) is 65.7 Å². The Labute approximate surface area is 182 Å². The fourth-order valence-electron chi connectivity index (χ4n) is 3.57. The number of nitrogens with two attached hydrogens (primary N) is 1. The molecule has 0 saturated carbocycles. The van der Waals surface area contributed by atoms with Gasteiger partial charge in [0.05, 0.1) is 23.0 Å². The minimum atomic E-state index is -1.21. The highest BCUT2D eigenvalue weighted by Gasteiger charge is 2.33. The number of pyridine rings is 1. The first-order valence-electron chi connectivity index (χ1n) is 9.75. The van der Waals surface area contributed by atoms with Crippen LogP contribution in [0.1, 0.15) is 36.3 Å². The number of aromatic nitrogens is 3. The van der Waals surface area contributed by atoms with Crippen LogP contribution < -0.4 is 11.1 Å². The number of rotatable bonds is 8. The van der Waals surface area contributed by atoms with Gasteiger partial charge in [-0.1, -0.05) is 6.92 Å². The third-order valence-electron chi connectivity index (χ3n) is 5.03. The van der Waals surface area contributed by atoms with Crippen LogP contribution in [0.25, 0.3) is 11.1 Å². The highest BCUT2D eigenvalue weighted by molar-refractivity contribution is 5.98. The summed E-state index contributed by atoms with van der Waals surface area (Å²) in [6.45, 7) is 3.13. The highest BCUT2D eigenvalue weighted by atomic mass is 19.1. The molecular formula is C22H22F3N5O2. The molecule has 0 radical (unpaired) electrons. The molecule has 10 heteroatoms. The summed E-state index contributed by atoms with van der Waals surface area (Å²) in [6.07, 6.45) is 2.72. The van der Waals surface area contributed by atoms with E-state index in [9.17, 15) is 23.1 Å². The molecule has 3 aromatic rings. The first kappa shape index (κ1) is 23.0. The summed E-state index contributed by atoms with van der Waals surface area (Å²) in [4.78, 5) is 23.7. The van der Waals surface area contributed by atoms with Gasteiger partial charge in [0.15, 0.2) is 0 Å². The van der Waals surface area contributed by atoms with Crippen LogP contribution in [0.2, 0.25) is 0 Å². The maximum absolute atomic E-state index is 14.3. The average Bonchev–Trinajstić information content (AvgIpc) is 2.72. The lowest BCUT2D eigenvalue weighted by atomic mass is 9.81. The van der Waals surface area contributed by atoms with Crippen LogP contribution in [-0.2, 0) is 5.41 Å². The van der Waals surface area contributed by atoms with Crippen molar-refractivity contribution in [3.8, 4) is 16.9 Å². The predicted molar refractivity (Wildman–Crippen MR) is 113 cm³/mol. The summed E-state index contributed by atoms with van der Waals surface area (Å²) in [5.41, 5.74) is 3.92. The molecule has 0 bridgehead atoms. The van der Waals surface area contributed by atoms with Crippen molar-refractivity contribution in [2.24, 2.45) is 5.73 Å². The Kier molecular flexibility index (Phi) is 6.61. The summed E-state index contributed by atoms with van der Waals surface area (Å²) in [7, 11) is 0. The van der Waals surface area contributed by atoms with E-state index in [2.05, 4.69) is 20.3 Å². The van der Waals surface area contributed by atoms with Gasteiger partial charge in [0.1, 0.15) is 17.4 Å². The van der Waals surface area contributed by atoms with Crippen LogP contribution in [0.15, 0.2) is 42.9 Å². The van der Waals surface area contributed by atoms with Crippen LogP contribution in [0.3, 0.4) is 0 Å². The monoisotopic (exact) mass is 445 g/mol. The Hall–Kier alpha value is -3.69. The number of nitrogens with zero attached hydrogens (tertiary/aromatic N) is 3. The van der Waals surface area contributed by atoms with Crippen molar-refractivity contribution >= 4 is 11.9 Å². The topological polar surface area (TPSA) is 114 Å². The summed E-state index contributed by atoms with van der Waals surface area (Å²) in [5.74, 6) is -2.74. The van der Waals surface area contributed by atoms with Gasteiger partial charge in [-0.05, 0) is 37.6 Å². The van der Waals surface area contributed by atoms with Gasteiger partial charge in [-0.3, -0.25) is 9.78 Å². The van der Waals surface area contributed by atoms with E-state index in [0.29, 0.717) is 0 Å². The van der Waals surface area contributed by atoms with Crippen LogP contribution in [-0.4, -0.2) is 38.7 Å². The number of hydrogen-bond donors (Lipinski definition) is 3. The normalized spacial score (nSPS) is 13.9. The second-order valence-corrected chi connectivity index (χ2v) is 7.71. The fourth-order valence-corrected chi connectivity index (χ4v) is 3.57. The summed E-state index contributed by atoms with van der Waals surface area (Å²) in [5, 5.41) is 13.1. The number of benzene rings is 1. The maximum Gasteiger partial charge on any atom is 0.252 e. The lowest BCUT2D eigenvalue weighted by Crippen LogP contribution is -2.36. The molecule has 0 aliphatic carbocycles. The summed E-state index contributed by atoms with van der Waals surface area (Å²) >= 11 is 0. The Morgan fingerprint density at radius 2 is 1.88 bits per heavy atom. The van der Waals surface area contributed by atoms with E-state index in [-0.39, 0.29) is 41.3 Å². The number of carbonyl (C=O) groups excluding carboxylic acids is 1. The minimum Gasteiger partial charge on any atom is -0.506 e. The second kappa shape index (κ2) is 9.21. The van der Waals surface area contributed by atoms with E-state index < -0.39 is 34.9 Å². The molecule has 0 unspecified atom stereocenters. The first-order valence-corrected chi connectivity index (χ1v) is 9.75. The van der Waals surface area contributed by atoms with Gasteiger partial charge in [0, 0.05) is 36.1 Å². The van der Waals surface area contributed by atoms with Gasteiger partial charge in [-0.25, -0.2) is 23.1 Å². The molecule has 0 fully saturated rings. The number of carbonyl (C=O) groups is 1. The van der Waals surface area contributed by atoms with E-state index in [1.165, 1.54) is 37.6 Å². The van der Waals surface area contributed by atoms with Crippen molar-refractivity contribution in [1.82, 2.24) is 15.0 Å². The highest BCUT2D eigenvalue weighted by Crippen LogP contribution is 2.34. The number of alkyl halides is 1. The largest absolute Gasteiger partial charge is 0.506 e. The average molecular weight is 445 g/mol. The molecule has 32 heavy (non-hydrogen) atoms. The second-order valence-electron chi connectivity index (χ2n) is 7.71. The standard InChI is InChI=1S/C22H22F3N5O2/c1-12(23)8-22(2,19-16(25)4-3-7-27-19)11-30-21-28-9-13(10-29-21)17-15(24)6-5-14(18(17)31)20(26)32/h3-7,9-10,12,31H,8,11H2,1-2H3,(H2,26,32)(H,28,29,30)/t12-,22-/m1/s1. The Balaban J connectivity index is 1.85.